The van der Waals surface area contributed by atoms with Crippen LogP contribution in [-0.4, -0.2) is 62.6 Å². The fourth-order valence-electron chi connectivity index (χ4n) is 2.55. The Hall–Kier alpha value is -2.69. The van der Waals surface area contributed by atoms with Crippen molar-refractivity contribution in [2.75, 3.05) is 20.6 Å². The van der Waals surface area contributed by atoms with Gasteiger partial charge in [-0.25, -0.2) is 9.69 Å². The third kappa shape index (κ3) is 2.57. The monoisotopic (exact) mass is 303 g/mol. The van der Waals surface area contributed by atoms with Gasteiger partial charge in [0.05, 0.1) is 25.9 Å². The highest BCUT2D eigenvalue weighted by Gasteiger charge is 2.48. The third-order valence-corrected chi connectivity index (χ3v) is 3.72. The van der Waals surface area contributed by atoms with Gasteiger partial charge in [-0.15, -0.1) is 0 Å². The second-order valence-electron chi connectivity index (χ2n) is 5.20. The van der Waals surface area contributed by atoms with E-state index in [4.69, 9.17) is 0 Å². The molecule has 1 aromatic heterocycles. The molecule has 8 nitrogen and oxygen atoms in total. The summed E-state index contributed by atoms with van der Waals surface area (Å²) in [6.45, 7) is 2.96. The summed E-state index contributed by atoms with van der Waals surface area (Å²) in [4.78, 5) is 26.7. The zero-order valence-electron chi connectivity index (χ0n) is 13.1. The van der Waals surface area contributed by atoms with E-state index in [1.165, 1.54) is 11.9 Å². The van der Waals surface area contributed by atoms with E-state index < -0.39 is 17.9 Å². The highest BCUT2D eigenvalue weighted by molar-refractivity contribution is 6.17. The first-order valence-electron chi connectivity index (χ1n) is 6.94. The Morgan fingerprint density at radius 2 is 2.00 bits per heavy atom. The van der Waals surface area contributed by atoms with Crippen molar-refractivity contribution in [2.45, 2.75) is 13.5 Å². The number of hydrogen-bond donors (Lipinski definition) is 0. The number of nitrogens with zero attached hydrogens (tertiary/aromatic N) is 6. The number of hydrogen-bond acceptors (Lipinski definition) is 4. The van der Waals surface area contributed by atoms with Gasteiger partial charge in [0.25, 0.3) is 11.7 Å². The van der Waals surface area contributed by atoms with E-state index in [-0.39, 0.29) is 0 Å². The van der Waals surface area contributed by atoms with Crippen molar-refractivity contribution in [1.82, 2.24) is 19.6 Å². The van der Waals surface area contributed by atoms with Crippen LogP contribution in [0.3, 0.4) is 0 Å². The molecular formula is C14H19N6O2+. The van der Waals surface area contributed by atoms with Gasteiger partial charge in [0, 0.05) is 25.9 Å². The highest BCUT2D eigenvalue weighted by Crippen LogP contribution is 2.17. The van der Waals surface area contributed by atoms with Crippen LogP contribution >= 0.6 is 0 Å². The quantitative estimate of drug-likeness (QED) is 0.736. The van der Waals surface area contributed by atoms with Crippen LogP contribution < -0.4 is 0 Å². The molecule has 1 aliphatic heterocycles. The minimum atomic E-state index is -0.982. The molecule has 1 fully saturated rings. The number of aromatic nitrogens is 2. The SMILES string of the molecule is CC[N+](Cc1cnn(C)c1)=C1C(C#N)C(=O)N(C)C(=O)N1C. The van der Waals surface area contributed by atoms with E-state index in [0.29, 0.717) is 18.9 Å². The van der Waals surface area contributed by atoms with Gasteiger partial charge in [0.2, 0.25) is 5.92 Å². The summed E-state index contributed by atoms with van der Waals surface area (Å²) in [5, 5.41) is 13.5. The fourth-order valence-corrected chi connectivity index (χ4v) is 2.55. The first-order chi connectivity index (χ1) is 10.4. The predicted molar refractivity (Wildman–Crippen MR) is 77.8 cm³/mol. The molecule has 0 aliphatic carbocycles. The molecule has 0 bridgehead atoms. The molecule has 1 unspecified atom stereocenters. The molecule has 1 saturated heterocycles. The molecule has 3 amide bonds. The van der Waals surface area contributed by atoms with Crippen LogP contribution in [0.25, 0.3) is 0 Å². The largest absolute Gasteiger partial charge is 0.417 e. The van der Waals surface area contributed by atoms with Crippen molar-refractivity contribution in [2.24, 2.45) is 13.0 Å². The number of rotatable bonds is 3. The fraction of sp³-hybridized carbons (Fsp3) is 0.500. The van der Waals surface area contributed by atoms with E-state index in [9.17, 15) is 14.9 Å². The molecule has 0 radical (unpaired) electrons. The molecular weight excluding hydrogens is 284 g/mol. The molecule has 1 aromatic rings. The molecule has 0 spiro atoms. The summed E-state index contributed by atoms with van der Waals surface area (Å²) >= 11 is 0. The van der Waals surface area contributed by atoms with Crippen molar-refractivity contribution in [3.8, 4) is 6.07 Å². The van der Waals surface area contributed by atoms with Gasteiger partial charge in [0.1, 0.15) is 6.54 Å². The lowest BCUT2D eigenvalue weighted by Gasteiger charge is -2.29. The molecule has 0 aromatic carbocycles. The average molecular weight is 303 g/mol. The molecule has 8 heteroatoms. The number of amidine groups is 1. The molecule has 1 atom stereocenters. The average Bonchev–Trinajstić information content (AvgIpc) is 2.91. The maximum atomic E-state index is 12.2. The summed E-state index contributed by atoms with van der Waals surface area (Å²) in [5.41, 5.74) is 0.945. The van der Waals surface area contributed by atoms with Crippen LogP contribution in [-0.2, 0) is 18.4 Å². The number of urea groups is 1. The Bertz CT molecular complexity index is 684. The molecule has 22 heavy (non-hydrogen) atoms. The Labute approximate surface area is 128 Å². The molecule has 2 rings (SSSR count). The van der Waals surface area contributed by atoms with Crippen LogP contribution in [0.4, 0.5) is 4.79 Å². The lowest BCUT2D eigenvalue weighted by atomic mass is 10.0. The number of imide groups is 1. The summed E-state index contributed by atoms with van der Waals surface area (Å²) < 4.78 is 3.54. The predicted octanol–water partition coefficient (Wildman–Crippen LogP) is 0.0146. The molecule has 1 aliphatic rings. The van der Waals surface area contributed by atoms with Gasteiger partial charge in [-0.3, -0.25) is 14.1 Å². The summed E-state index contributed by atoms with van der Waals surface area (Å²) in [5.74, 6) is -1.06. The Morgan fingerprint density at radius 1 is 1.32 bits per heavy atom. The van der Waals surface area contributed by atoms with Gasteiger partial charge in [0.15, 0.2) is 0 Å². The standard InChI is InChI=1S/C14H19N6O2/c1-5-20(9-10-7-16-17(2)8-10)12-11(6-15)13(21)19(4)14(22)18(12)3/h7-8,11H,5,9H2,1-4H3/q+1. The Balaban J connectivity index is 2.48. The van der Waals surface area contributed by atoms with Crippen LogP contribution in [0.5, 0.6) is 0 Å². The normalized spacial score (nSPS) is 21.1. The van der Waals surface area contributed by atoms with Crippen molar-refractivity contribution < 1.29 is 14.2 Å². The van der Waals surface area contributed by atoms with E-state index in [1.807, 2.05) is 30.8 Å². The highest BCUT2D eigenvalue weighted by atomic mass is 16.2. The molecule has 116 valence electrons. The number of carbonyl (C=O) groups is 2. The molecule has 0 saturated carbocycles. The minimum Gasteiger partial charge on any atom is -0.275 e. The smallest absolute Gasteiger partial charge is 0.275 e. The van der Waals surface area contributed by atoms with E-state index >= 15 is 0 Å². The number of nitriles is 1. The first kappa shape index (κ1) is 15.7. The zero-order valence-corrected chi connectivity index (χ0v) is 13.1. The van der Waals surface area contributed by atoms with E-state index in [0.717, 1.165) is 10.5 Å². The number of amides is 3. The van der Waals surface area contributed by atoms with Gasteiger partial charge < -0.3 is 0 Å². The second-order valence-corrected chi connectivity index (χ2v) is 5.20. The van der Waals surface area contributed by atoms with E-state index in [2.05, 4.69) is 5.10 Å². The van der Waals surface area contributed by atoms with Gasteiger partial charge in [-0.05, 0) is 6.92 Å². The Morgan fingerprint density at radius 3 is 2.50 bits per heavy atom. The van der Waals surface area contributed by atoms with Crippen LogP contribution in [0.2, 0.25) is 0 Å². The number of carbonyl (C=O) groups excluding carboxylic acids is 2. The van der Waals surface area contributed by atoms with Gasteiger partial charge in [-0.1, -0.05) is 0 Å². The topological polar surface area (TPSA) is 85.2 Å². The summed E-state index contributed by atoms with van der Waals surface area (Å²) in [6, 6.07) is 1.57. The van der Waals surface area contributed by atoms with Crippen molar-refractivity contribution in [3.05, 3.63) is 18.0 Å². The molecule has 0 N–H and O–H groups in total. The van der Waals surface area contributed by atoms with E-state index in [1.54, 1.807) is 17.9 Å². The lowest BCUT2D eigenvalue weighted by Crippen LogP contribution is -2.59. The van der Waals surface area contributed by atoms with Crippen molar-refractivity contribution >= 4 is 17.8 Å². The Kier molecular flexibility index (Phi) is 4.26. The second kappa shape index (κ2) is 5.97. The summed E-state index contributed by atoms with van der Waals surface area (Å²) in [6.07, 6.45) is 3.59. The maximum Gasteiger partial charge on any atom is 0.417 e. The number of aryl methyl sites for hydroxylation is 1. The van der Waals surface area contributed by atoms with Crippen LogP contribution in [0.15, 0.2) is 12.4 Å². The zero-order chi connectivity index (χ0) is 16.4. The van der Waals surface area contributed by atoms with Gasteiger partial charge in [-0.2, -0.15) is 15.3 Å². The van der Waals surface area contributed by atoms with Crippen LogP contribution in [0.1, 0.15) is 12.5 Å². The molecule has 2 heterocycles. The summed E-state index contributed by atoms with van der Waals surface area (Å²) in [7, 11) is 4.79. The minimum absolute atomic E-state index is 0.418. The lowest BCUT2D eigenvalue weighted by molar-refractivity contribution is -0.546. The third-order valence-electron chi connectivity index (χ3n) is 3.72. The first-order valence-corrected chi connectivity index (χ1v) is 6.94. The van der Waals surface area contributed by atoms with Crippen LogP contribution in [0, 0.1) is 17.2 Å². The van der Waals surface area contributed by atoms with Crippen molar-refractivity contribution in [1.29, 1.82) is 5.26 Å². The van der Waals surface area contributed by atoms with Gasteiger partial charge >= 0.3 is 6.03 Å². The van der Waals surface area contributed by atoms with Crippen molar-refractivity contribution in [3.63, 3.8) is 0 Å². The maximum absolute atomic E-state index is 12.2.